The first-order valence-corrected chi connectivity index (χ1v) is 9.76. The van der Waals surface area contributed by atoms with Gasteiger partial charge in [-0.15, -0.1) is 0 Å². The van der Waals surface area contributed by atoms with Crippen LogP contribution in [0.4, 0.5) is 0 Å². The molecule has 2 heterocycles. The van der Waals surface area contributed by atoms with Crippen molar-refractivity contribution >= 4 is 51.7 Å². The summed E-state index contributed by atoms with van der Waals surface area (Å²) in [6, 6.07) is 10.2. The topological polar surface area (TPSA) is 102 Å². The molecule has 10 heteroatoms. The van der Waals surface area contributed by atoms with E-state index in [1.807, 2.05) is 0 Å². The van der Waals surface area contributed by atoms with Gasteiger partial charge in [-0.25, -0.2) is 0 Å². The molecule has 0 N–H and O–H groups in total. The van der Waals surface area contributed by atoms with Gasteiger partial charge in [-0.3, -0.25) is 4.79 Å². The van der Waals surface area contributed by atoms with Crippen LogP contribution in [0.2, 0.25) is 15.1 Å². The van der Waals surface area contributed by atoms with Crippen LogP contribution in [-0.2, 0) is 6.61 Å². The van der Waals surface area contributed by atoms with Crippen molar-refractivity contribution in [1.29, 1.82) is 0 Å². The fraction of sp³-hybridized carbons (Fsp3) is 0.0476. The van der Waals surface area contributed by atoms with Gasteiger partial charge in [-0.05, 0) is 36.4 Å². The average molecular weight is 481 g/mol. The Labute approximate surface area is 189 Å². The molecule has 0 amide bonds. The molecule has 4 rings (SSSR count). The summed E-state index contributed by atoms with van der Waals surface area (Å²) in [7, 11) is 0. The minimum atomic E-state index is -1.42. The first-order valence-electron chi connectivity index (χ1n) is 8.62. The fourth-order valence-electron chi connectivity index (χ4n) is 2.71. The van der Waals surface area contributed by atoms with Crippen molar-refractivity contribution in [2.45, 2.75) is 6.61 Å². The molecule has 0 radical (unpaired) electrons. The Morgan fingerprint density at radius 3 is 2.45 bits per heavy atom. The molecule has 2 aromatic heterocycles. The summed E-state index contributed by atoms with van der Waals surface area (Å²) in [4.78, 5) is 23.5. The zero-order valence-electron chi connectivity index (χ0n) is 15.3. The minimum absolute atomic E-state index is 0.0300. The van der Waals surface area contributed by atoms with Crippen molar-refractivity contribution in [1.82, 2.24) is 0 Å². The summed E-state index contributed by atoms with van der Waals surface area (Å²) in [6.07, 6.45) is 1.13. The number of fused-ring (bicyclic) bond motifs is 1. The first-order chi connectivity index (χ1) is 14.8. The van der Waals surface area contributed by atoms with Gasteiger partial charge in [0.1, 0.15) is 41.7 Å². The van der Waals surface area contributed by atoms with E-state index < -0.39 is 11.4 Å². The molecule has 0 bridgehead atoms. The lowest BCUT2D eigenvalue weighted by atomic mass is 10.2. The molecule has 0 unspecified atom stereocenters. The lowest BCUT2D eigenvalue weighted by molar-refractivity contribution is -0.257. The number of carbonyl (C=O) groups excluding carboxylic acids is 1. The molecule has 0 aliphatic rings. The molecule has 0 aliphatic carbocycles. The molecule has 7 nitrogen and oxygen atoms in total. The number of ether oxygens (including phenoxy) is 2. The van der Waals surface area contributed by atoms with Gasteiger partial charge < -0.3 is 28.2 Å². The van der Waals surface area contributed by atoms with Crippen LogP contribution in [0.1, 0.15) is 16.3 Å². The maximum atomic E-state index is 12.8. The highest BCUT2D eigenvalue weighted by molar-refractivity contribution is 6.40. The Kier molecular flexibility index (Phi) is 5.82. The van der Waals surface area contributed by atoms with Gasteiger partial charge in [0, 0.05) is 11.1 Å². The van der Waals surface area contributed by atoms with Gasteiger partial charge >= 0.3 is 0 Å². The van der Waals surface area contributed by atoms with Crippen LogP contribution in [0.25, 0.3) is 11.0 Å². The number of aromatic carboxylic acids is 1. The maximum absolute atomic E-state index is 12.8. The number of hydrogen-bond acceptors (Lipinski definition) is 7. The normalized spacial score (nSPS) is 10.9. The van der Waals surface area contributed by atoms with Crippen molar-refractivity contribution < 1.29 is 28.2 Å². The second-order valence-electron chi connectivity index (χ2n) is 6.23. The number of carbonyl (C=O) groups is 1. The SMILES string of the molecule is O=C([O-])c1ccc(COc2ccc3c(=O)c(Oc4c(Cl)cc(Cl)cc4Cl)coc3c2)o1. The number of carboxylic acid groups (broad SMARTS) is 1. The third-order valence-corrected chi connectivity index (χ3v) is 4.91. The second-order valence-corrected chi connectivity index (χ2v) is 7.48. The van der Waals surface area contributed by atoms with Crippen LogP contribution in [0, 0.1) is 0 Å². The van der Waals surface area contributed by atoms with E-state index in [2.05, 4.69) is 0 Å². The van der Waals surface area contributed by atoms with E-state index in [1.54, 1.807) is 6.07 Å². The summed E-state index contributed by atoms with van der Waals surface area (Å²) in [5.41, 5.74) is -0.197. The van der Waals surface area contributed by atoms with E-state index in [0.717, 1.165) is 6.26 Å². The van der Waals surface area contributed by atoms with E-state index in [-0.39, 0.29) is 44.9 Å². The molecule has 0 saturated carbocycles. The van der Waals surface area contributed by atoms with E-state index in [4.69, 9.17) is 53.1 Å². The lowest BCUT2D eigenvalue weighted by Crippen LogP contribution is -2.21. The van der Waals surface area contributed by atoms with Crippen LogP contribution >= 0.6 is 34.8 Å². The lowest BCUT2D eigenvalue weighted by Gasteiger charge is -2.10. The van der Waals surface area contributed by atoms with Crippen LogP contribution in [0.15, 0.2) is 62.4 Å². The summed E-state index contributed by atoms with van der Waals surface area (Å²) < 4.78 is 21.7. The van der Waals surface area contributed by atoms with E-state index >= 15 is 0 Å². The van der Waals surface area contributed by atoms with Gasteiger partial charge in [-0.1, -0.05) is 34.8 Å². The van der Waals surface area contributed by atoms with E-state index in [9.17, 15) is 14.7 Å². The largest absolute Gasteiger partial charge is 0.542 e. The van der Waals surface area contributed by atoms with E-state index in [0.29, 0.717) is 16.5 Å². The molecule has 0 atom stereocenters. The highest BCUT2D eigenvalue weighted by atomic mass is 35.5. The van der Waals surface area contributed by atoms with E-state index in [1.165, 1.54) is 36.4 Å². The van der Waals surface area contributed by atoms with Crippen molar-refractivity contribution in [2.24, 2.45) is 0 Å². The van der Waals surface area contributed by atoms with Crippen molar-refractivity contribution in [3.63, 3.8) is 0 Å². The molecule has 0 spiro atoms. The predicted octanol–water partition coefficient (Wildman–Crippen LogP) is 5.08. The molecule has 0 aliphatic heterocycles. The summed E-state index contributed by atoms with van der Waals surface area (Å²) in [5, 5.41) is 11.6. The van der Waals surface area contributed by atoms with Crippen molar-refractivity contribution in [3.8, 4) is 17.2 Å². The number of rotatable bonds is 6. The highest BCUT2D eigenvalue weighted by Gasteiger charge is 2.15. The second kappa shape index (κ2) is 8.55. The van der Waals surface area contributed by atoms with Crippen LogP contribution in [0.3, 0.4) is 0 Å². The number of carboxylic acids is 1. The number of hydrogen-bond donors (Lipinski definition) is 0. The third kappa shape index (κ3) is 4.49. The quantitative estimate of drug-likeness (QED) is 0.379. The number of benzene rings is 2. The zero-order chi connectivity index (χ0) is 22.1. The number of furan rings is 1. The van der Waals surface area contributed by atoms with Crippen LogP contribution in [0.5, 0.6) is 17.2 Å². The van der Waals surface area contributed by atoms with Crippen molar-refractivity contribution in [2.75, 3.05) is 0 Å². The summed E-state index contributed by atoms with van der Waals surface area (Å²) in [5.74, 6) is -1.08. The van der Waals surface area contributed by atoms with Gasteiger partial charge in [0.15, 0.2) is 5.75 Å². The molecule has 2 aromatic carbocycles. The van der Waals surface area contributed by atoms with Gasteiger partial charge in [0.25, 0.3) is 0 Å². The standard InChI is InChI=1S/C21H11Cl3O7/c22-10-5-14(23)20(15(24)6-10)31-18-9-29-17-7-11(1-3-13(17)19(18)25)28-8-12-2-4-16(30-12)21(26)27/h1-7,9H,8H2,(H,26,27)/p-1. The zero-order valence-corrected chi connectivity index (χ0v) is 17.6. The average Bonchev–Trinajstić information content (AvgIpc) is 3.20. The monoisotopic (exact) mass is 479 g/mol. The molecule has 0 fully saturated rings. The van der Waals surface area contributed by atoms with Crippen LogP contribution in [-0.4, -0.2) is 5.97 Å². The smallest absolute Gasteiger partial charge is 0.235 e. The highest BCUT2D eigenvalue weighted by Crippen LogP contribution is 2.38. The fourth-order valence-corrected chi connectivity index (χ4v) is 3.60. The molecule has 4 aromatic rings. The maximum Gasteiger partial charge on any atom is 0.235 e. The van der Waals surface area contributed by atoms with Gasteiger partial charge in [0.05, 0.1) is 15.4 Å². The minimum Gasteiger partial charge on any atom is -0.542 e. The van der Waals surface area contributed by atoms with Gasteiger partial charge in [-0.2, -0.15) is 0 Å². The molecule has 0 saturated heterocycles. The summed E-state index contributed by atoms with van der Waals surface area (Å²) in [6.45, 7) is -0.0300. The Morgan fingerprint density at radius 1 is 1.03 bits per heavy atom. The van der Waals surface area contributed by atoms with Crippen LogP contribution < -0.4 is 20.0 Å². The number of halogens is 3. The third-order valence-electron chi connectivity index (χ3n) is 4.13. The first kappa shape index (κ1) is 21.1. The summed E-state index contributed by atoms with van der Waals surface area (Å²) >= 11 is 18.1. The Hall–Kier alpha value is -3.13. The molecule has 158 valence electrons. The molecule has 31 heavy (non-hydrogen) atoms. The van der Waals surface area contributed by atoms with Crippen molar-refractivity contribution in [3.05, 3.63) is 85.5 Å². The predicted molar refractivity (Wildman–Crippen MR) is 111 cm³/mol. The Morgan fingerprint density at radius 2 is 1.77 bits per heavy atom. The molecular formula is C21H10Cl3O7-. The molecular weight excluding hydrogens is 471 g/mol. The Balaban J connectivity index is 1.56. The van der Waals surface area contributed by atoms with Gasteiger partial charge in [0.2, 0.25) is 11.2 Å². The Bertz CT molecular complexity index is 1330.